The topological polar surface area (TPSA) is 97.0 Å². The number of halogens is 1. The summed E-state index contributed by atoms with van der Waals surface area (Å²) in [6.07, 6.45) is 0.722. The van der Waals surface area contributed by atoms with Gasteiger partial charge in [0, 0.05) is 13.0 Å². The molecule has 1 aliphatic heterocycles. The van der Waals surface area contributed by atoms with E-state index in [-0.39, 0.29) is 23.9 Å². The van der Waals surface area contributed by atoms with Gasteiger partial charge in [0.15, 0.2) is 0 Å². The molecule has 8 heteroatoms. The van der Waals surface area contributed by atoms with Crippen LogP contribution in [0.1, 0.15) is 12.8 Å². The van der Waals surface area contributed by atoms with Crippen molar-refractivity contribution < 1.29 is 18.7 Å². The first-order valence-electron chi connectivity index (χ1n) is 8.92. The van der Waals surface area contributed by atoms with Gasteiger partial charge in [-0.3, -0.25) is 14.6 Å². The number of nitrogens with one attached hydrogen (secondary N) is 1. The molecule has 0 spiro atoms. The number of amides is 2. The van der Waals surface area contributed by atoms with E-state index in [9.17, 15) is 14.0 Å². The standard InChI is InChI=1S/C20H21FN4O3/c21-14-7-9-16(10-8-14)28-12-4-11-23-20(27)17-13-18(19(22)26)25(24-17)15-5-2-1-3-6-15/h1-3,5-10,18H,4,11-13H2,(H2,22,26)(H,23,27). The Morgan fingerprint density at radius 1 is 1.18 bits per heavy atom. The number of hydrogen-bond acceptors (Lipinski definition) is 5. The van der Waals surface area contributed by atoms with E-state index in [0.29, 0.717) is 31.0 Å². The van der Waals surface area contributed by atoms with Crippen molar-refractivity contribution in [3.63, 3.8) is 0 Å². The minimum Gasteiger partial charge on any atom is -0.494 e. The maximum absolute atomic E-state index is 12.8. The van der Waals surface area contributed by atoms with E-state index in [4.69, 9.17) is 10.5 Å². The molecule has 1 aliphatic rings. The summed E-state index contributed by atoms with van der Waals surface area (Å²) in [6, 6.07) is 14.1. The summed E-state index contributed by atoms with van der Waals surface area (Å²) in [5.41, 5.74) is 6.42. The molecule has 2 aromatic carbocycles. The largest absolute Gasteiger partial charge is 0.494 e. The Morgan fingerprint density at radius 3 is 2.57 bits per heavy atom. The van der Waals surface area contributed by atoms with Gasteiger partial charge in [-0.15, -0.1) is 0 Å². The van der Waals surface area contributed by atoms with Crippen LogP contribution in [0.2, 0.25) is 0 Å². The summed E-state index contributed by atoms with van der Waals surface area (Å²) in [4.78, 5) is 24.1. The van der Waals surface area contributed by atoms with E-state index in [1.54, 1.807) is 24.3 Å². The van der Waals surface area contributed by atoms with Gasteiger partial charge in [-0.2, -0.15) is 5.10 Å². The first-order valence-corrected chi connectivity index (χ1v) is 8.92. The average molecular weight is 384 g/mol. The summed E-state index contributed by atoms with van der Waals surface area (Å²) in [7, 11) is 0. The van der Waals surface area contributed by atoms with Gasteiger partial charge in [0.25, 0.3) is 5.91 Å². The van der Waals surface area contributed by atoms with Crippen LogP contribution in [0.5, 0.6) is 5.75 Å². The van der Waals surface area contributed by atoms with Crippen molar-refractivity contribution in [3.05, 3.63) is 60.4 Å². The Labute approximate surface area is 162 Å². The van der Waals surface area contributed by atoms with Crippen LogP contribution < -0.4 is 20.8 Å². The second-order valence-corrected chi connectivity index (χ2v) is 6.26. The number of nitrogens with two attached hydrogens (primary N) is 1. The van der Waals surface area contributed by atoms with Crippen LogP contribution in [0.4, 0.5) is 10.1 Å². The molecule has 146 valence electrons. The fraction of sp³-hybridized carbons (Fsp3) is 0.250. The van der Waals surface area contributed by atoms with E-state index >= 15 is 0 Å². The number of carbonyl (C=O) groups is 2. The Kier molecular flexibility index (Phi) is 6.21. The number of anilines is 1. The summed E-state index contributed by atoms with van der Waals surface area (Å²) >= 11 is 0. The van der Waals surface area contributed by atoms with Gasteiger partial charge in [0.2, 0.25) is 5.91 Å². The van der Waals surface area contributed by atoms with Crippen LogP contribution in [0.15, 0.2) is 59.7 Å². The lowest BCUT2D eigenvalue weighted by Gasteiger charge is -2.20. The zero-order valence-corrected chi connectivity index (χ0v) is 15.2. The number of ether oxygens (including phenoxy) is 1. The number of nitrogens with zero attached hydrogens (tertiary/aromatic N) is 2. The van der Waals surface area contributed by atoms with Gasteiger partial charge >= 0.3 is 0 Å². The van der Waals surface area contributed by atoms with Gasteiger partial charge in [0.05, 0.1) is 12.3 Å². The van der Waals surface area contributed by atoms with E-state index in [1.807, 2.05) is 18.2 Å². The summed E-state index contributed by atoms with van der Waals surface area (Å²) in [5, 5.41) is 8.53. The quantitative estimate of drug-likeness (QED) is 0.679. The van der Waals surface area contributed by atoms with Gasteiger partial charge in [-0.1, -0.05) is 18.2 Å². The highest BCUT2D eigenvalue weighted by Crippen LogP contribution is 2.24. The Morgan fingerprint density at radius 2 is 1.89 bits per heavy atom. The second-order valence-electron chi connectivity index (χ2n) is 6.26. The number of primary amides is 1. The molecular formula is C20H21FN4O3. The van der Waals surface area contributed by atoms with Crippen LogP contribution in [0.3, 0.4) is 0 Å². The number of para-hydroxylation sites is 1. The van der Waals surface area contributed by atoms with Gasteiger partial charge in [-0.25, -0.2) is 4.39 Å². The average Bonchev–Trinajstić information content (AvgIpc) is 3.16. The maximum atomic E-state index is 12.8. The highest BCUT2D eigenvalue weighted by molar-refractivity contribution is 6.40. The summed E-state index contributed by atoms with van der Waals surface area (Å²) in [5.74, 6) is -0.638. The number of benzene rings is 2. The lowest BCUT2D eigenvalue weighted by Crippen LogP contribution is -2.40. The highest BCUT2D eigenvalue weighted by atomic mass is 19.1. The van der Waals surface area contributed by atoms with Crippen molar-refractivity contribution in [1.82, 2.24) is 5.32 Å². The minimum absolute atomic E-state index is 0.155. The summed E-state index contributed by atoms with van der Waals surface area (Å²) in [6.45, 7) is 0.754. The third-order valence-electron chi connectivity index (χ3n) is 4.21. The molecule has 2 aromatic rings. The molecule has 0 aromatic heterocycles. The number of carbonyl (C=O) groups excluding carboxylic acids is 2. The van der Waals surface area contributed by atoms with Crippen molar-refractivity contribution in [2.24, 2.45) is 10.8 Å². The van der Waals surface area contributed by atoms with Crippen molar-refractivity contribution >= 4 is 23.2 Å². The van der Waals surface area contributed by atoms with E-state index in [2.05, 4.69) is 10.4 Å². The van der Waals surface area contributed by atoms with Crippen molar-refractivity contribution in [1.29, 1.82) is 0 Å². The zero-order chi connectivity index (χ0) is 19.9. The Hall–Kier alpha value is -3.42. The monoisotopic (exact) mass is 384 g/mol. The van der Waals surface area contributed by atoms with Gasteiger partial charge in [-0.05, 0) is 42.8 Å². The van der Waals surface area contributed by atoms with E-state index < -0.39 is 11.9 Å². The van der Waals surface area contributed by atoms with Gasteiger partial charge < -0.3 is 15.8 Å². The zero-order valence-electron chi connectivity index (χ0n) is 15.2. The normalized spacial score (nSPS) is 15.8. The smallest absolute Gasteiger partial charge is 0.267 e. The molecule has 0 radical (unpaired) electrons. The molecule has 1 atom stereocenters. The molecule has 0 aliphatic carbocycles. The number of hydrogen-bond donors (Lipinski definition) is 2. The molecular weight excluding hydrogens is 363 g/mol. The molecule has 7 nitrogen and oxygen atoms in total. The molecule has 0 bridgehead atoms. The molecule has 0 saturated heterocycles. The third-order valence-corrected chi connectivity index (χ3v) is 4.21. The SMILES string of the molecule is NC(=O)C1CC(C(=O)NCCCOc2ccc(F)cc2)=NN1c1ccccc1. The predicted octanol–water partition coefficient (Wildman–Crippen LogP) is 1.83. The van der Waals surface area contributed by atoms with Crippen LogP contribution in [-0.2, 0) is 9.59 Å². The Bertz CT molecular complexity index is 856. The lowest BCUT2D eigenvalue weighted by molar-refractivity contribution is -0.119. The van der Waals surface area contributed by atoms with Crippen LogP contribution in [0.25, 0.3) is 0 Å². The van der Waals surface area contributed by atoms with Crippen LogP contribution >= 0.6 is 0 Å². The van der Waals surface area contributed by atoms with E-state index in [1.165, 1.54) is 17.1 Å². The second kappa shape index (κ2) is 8.98. The molecule has 3 rings (SSSR count). The number of hydrazone groups is 1. The lowest BCUT2D eigenvalue weighted by atomic mass is 10.1. The van der Waals surface area contributed by atoms with Crippen molar-refractivity contribution in [2.45, 2.75) is 18.9 Å². The molecule has 0 fully saturated rings. The Balaban J connectivity index is 1.49. The molecule has 28 heavy (non-hydrogen) atoms. The van der Waals surface area contributed by atoms with Crippen molar-refractivity contribution in [3.8, 4) is 5.75 Å². The van der Waals surface area contributed by atoms with E-state index in [0.717, 1.165) is 0 Å². The van der Waals surface area contributed by atoms with Gasteiger partial charge in [0.1, 0.15) is 23.3 Å². The third kappa shape index (κ3) is 4.85. The maximum Gasteiger partial charge on any atom is 0.267 e. The van der Waals surface area contributed by atoms with Crippen LogP contribution in [0, 0.1) is 5.82 Å². The first-order chi connectivity index (χ1) is 13.5. The molecule has 2 amide bonds. The van der Waals surface area contributed by atoms with Crippen LogP contribution in [-0.4, -0.2) is 36.7 Å². The minimum atomic E-state index is -0.690. The van der Waals surface area contributed by atoms with Crippen molar-refractivity contribution in [2.75, 3.05) is 18.2 Å². The fourth-order valence-corrected chi connectivity index (χ4v) is 2.78. The molecule has 3 N–H and O–H groups in total. The molecule has 1 unspecified atom stereocenters. The summed E-state index contributed by atoms with van der Waals surface area (Å²) < 4.78 is 18.3. The predicted molar refractivity (Wildman–Crippen MR) is 103 cm³/mol. The molecule has 1 heterocycles. The molecule has 0 saturated carbocycles. The first kappa shape index (κ1) is 19.3. The fourth-order valence-electron chi connectivity index (χ4n) is 2.78. The highest BCUT2D eigenvalue weighted by Gasteiger charge is 2.34. The number of rotatable bonds is 8.